The highest BCUT2D eigenvalue weighted by molar-refractivity contribution is 14.1. The maximum Gasteiger partial charge on any atom is 0.264 e. The molecule has 3 aromatic rings. The summed E-state index contributed by atoms with van der Waals surface area (Å²) in [4.78, 5) is 12.8. The lowest BCUT2D eigenvalue weighted by Gasteiger charge is -2.23. The van der Waals surface area contributed by atoms with Crippen LogP contribution in [0.3, 0.4) is 0 Å². The van der Waals surface area contributed by atoms with Crippen LogP contribution in [0.25, 0.3) is 0 Å². The van der Waals surface area contributed by atoms with Crippen molar-refractivity contribution in [2.75, 3.05) is 18.0 Å². The summed E-state index contributed by atoms with van der Waals surface area (Å²) in [7, 11) is -2.39. The van der Waals surface area contributed by atoms with E-state index in [1.165, 1.54) is 12.1 Å². The lowest BCUT2D eigenvalue weighted by atomic mass is 10.1. The molecule has 0 saturated carbocycles. The molecular formula is C23H21BrIN3O4S. The fraction of sp³-hybridized carbons (Fsp3) is 0.130. The third-order valence-electron chi connectivity index (χ3n) is 4.65. The molecular weight excluding hydrogens is 621 g/mol. The second-order valence-electron chi connectivity index (χ2n) is 6.88. The molecule has 0 saturated heterocycles. The monoisotopic (exact) mass is 641 g/mol. The van der Waals surface area contributed by atoms with E-state index in [9.17, 15) is 13.2 Å². The van der Waals surface area contributed by atoms with Crippen LogP contribution in [0.1, 0.15) is 12.5 Å². The average molecular weight is 642 g/mol. The number of carbonyl (C=O) groups is 1. The molecule has 1 N–H and O–H groups in total. The molecule has 0 aromatic heterocycles. The van der Waals surface area contributed by atoms with Gasteiger partial charge in [0.2, 0.25) is 0 Å². The lowest BCUT2D eigenvalue weighted by molar-refractivity contribution is -0.119. The zero-order chi connectivity index (χ0) is 24.0. The predicted molar refractivity (Wildman–Crippen MR) is 141 cm³/mol. The molecule has 7 nitrogen and oxygen atoms in total. The molecule has 0 aliphatic carbocycles. The smallest absolute Gasteiger partial charge is 0.264 e. The number of carbonyl (C=O) groups excluding carboxylic acids is 1. The number of nitrogens with one attached hydrogen (secondary N) is 1. The Hall–Kier alpha value is -2.44. The standard InChI is InChI=1S/C23H21BrIN3O4S/c1-16(17-8-13-22(32-2)21(24)14-17)26-27-23(29)15-28(19-11-9-18(25)10-12-19)33(30,31)20-6-4-3-5-7-20/h3-14H,15H2,1-2H3,(H,27,29)/b26-16-. The molecule has 0 unspecified atom stereocenters. The number of ether oxygens (including phenoxy) is 1. The number of halogens is 2. The van der Waals surface area contributed by atoms with E-state index in [1.54, 1.807) is 62.6 Å². The summed E-state index contributed by atoms with van der Waals surface area (Å²) in [6, 6.07) is 20.3. The summed E-state index contributed by atoms with van der Waals surface area (Å²) in [5, 5.41) is 4.14. The first-order valence-corrected chi connectivity index (χ1v) is 13.0. The van der Waals surface area contributed by atoms with E-state index >= 15 is 0 Å². The third-order valence-corrected chi connectivity index (χ3v) is 7.78. The molecule has 3 aromatic carbocycles. The van der Waals surface area contributed by atoms with Gasteiger partial charge in [0.25, 0.3) is 15.9 Å². The van der Waals surface area contributed by atoms with Crippen LogP contribution in [0, 0.1) is 3.57 Å². The van der Waals surface area contributed by atoms with Gasteiger partial charge in [-0.15, -0.1) is 0 Å². The van der Waals surface area contributed by atoms with Crippen molar-refractivity contribution in [2.24, 2.45) is 5.10 Å². The van der Waals surface area contributed by atoms with Crippen molar-refractivity contribution in [2.45, 2.75) is 11.8 Å². The third kappa shape index (κ3) is 6.33. The minimum atomic E-state index is -3.96. The topological polar surface area (TPSA) is 88.1 Å². The minimum Gasteiger partial charge on any atom is -0.496 e. The van der Waals surface area contributed by atoms with E-state index in [2.05, 4.69) is 49.0 Å². The summed E-state index contributed by atoms with van der Waals surface area (Å²) in [6.07, 6.45) is 0. The molecule has 0 fully saturated rings. The molecule has 0 radical (unpaired) electrons. The second kappa shape index (κ2) is 11.1. The molecule has 0 aliphatic heterocycles. The zero-order valence-corrected chi connectivity index (χ0v) is 22.4. The first-order chi connectivity index (χ1) is 15.7. The Balaban J connectivity index is 1.84. The quantitative estimate of drug-likeness (QED) is 0.218. The predicted octanol–water partition coefficient (Wildman–Crippen LogP) is 4.80. The van der Waals surface area contributed by atoms with Gasteiger partial charge in [0.1, 0.15) is 12.3 Å². The Morgan fingerprint density at radius 1 is 1.09 bits per heavy atom. The van der Waals surface area contributed by atoms with Crippen molar-refractivity contribution in [3.63, 3.8) is 0 Å². The Kier molecular flexibility index (Phi) is 8.49. The number of amides is 1. The molecule has 0 bridgehead atoms. The van der Waals surface area contributed by atoms with Crippen LogP contribution in [0.15, 0.2) is 87.3 Å². The van der Waals surface area contributed by atoms with Crippen LogP contribution in [-0.4, -0.2) is 33.7 Å². The fourth-order valence-corrected chi connectivity index (χ4v) is 5.25. The number of hydrogen-bond acceptors (Lipinski definition) is 5. The van der Waals surface area contributed by atoms with Gasteiger partial charge in [-0.05, 0) is 106 Å². The average Bonchev–Trinajstić information content (AvgIpc) is 2.82. The van der Waals surface area contributed by atoms with Crippen LogP contribution >= 0.6 is 38.5 Å². The number of sulfonamides is 1. The van der Waals surface area contributed by atoms with Crippen LogP contribution in [0.4, 0.5) is 5.69 Å². The first kappa shape index (κ1) is 25.2. The van der Waals surface area contributed by atoms with E-state index in [0.717, 1.165) is 17.9 Å². The summed E-state index contributed by atoms with van der Waals surface area (Å²) in [5.41, 5.74) is 4.17. The largest absolute Gasteiger partial charge is 0.496 e. The Morgan fingerprint density at radius 3 is 2.36 bits per heavy atom. The number of hydrogen-bond donors (Lipinski definition) is 1. The summed E-state index contributed by atoms with van der Waals surface area (Å²) in [5.74, 6) is 0.106. The first-order valence-electron chi connectivity index (χ1n) is 9.73. The maximum atomic E-state index is 13.3. The minimum absolute atomic E-state index is 0.0964. The van der Waals surface area contributed by atoms with E-state index in [1.807, 2.05) is 12.1 Å². The highest BCUT2D eigenvalue weighted by atomic mass is 127. The van der Waals surface area contributed by atoms with Crippen molar-refractivity contribution in [3.8, 4) is 5.75 Å². The summed E-state index contributed by atoms with van der Waals surface area (Å²) < 4.78 is 34.6. The number of nitrogens with zero attached hydrogens (tertiary/aromatic N) is 2. The van der Waals surface area contributed by atoms with Crippen molar-refractivity contribution in [1.82, 2.24) is 5.43 Å². The van der Waals surface area contributed by atoms with Crippen LogP contribution < -0.4 is 14.5 Å². The number of anilines is 1. The van der Waals surface area contributed by atoms with Gasteiger partial charge in [-0.3, -0.25) is 9.10 Å². The van der Waals surface area contributed by atoms with Crippen LogP contribution in [0.2, 0.25) is 0 Å². The molecule has 0 spiro atoms. The normalized spacial score (nSPS) is 11.7. The van der Waals surface area contributed by atoms with Gasteiger partial charge in [0.05, 0.1) is 27.9 Å². The van der Waals surface area contributed by atoms with Crippen molar-refractivity contribution in [1.29, 1.82) is 0 Å². The molecule has 3 rings (SSSR count). The van der Waals surface area contributed by atoms with Crippen molar-refractivity contribution >= 4 is 65.9 Å². The van der Waals surface area contributed by atoms with E-state index in [-0.39, 0.29) is 4.90 Å². The zero-order valence-electron chi connectivity index (χ0n) is 17.8. The molecule has 0 aliphatic rings. The van der Waals surface area contributed by atoms with E-state index in [0.29, 0.717) is 17.1 Å². The van der Waals surface area contributed by atoms with Crippen molar-refractivity contribution < 1.29 is 17.9 Å². The van der Waals surface area contributed by atoms with Crippen LogP contribution in [0.5, 0.6) is 5.75 Å². The second-order valence-corrected chi connectivity index (χ2v) is 10.8. The Bertz CT molecular complexity index is 1270. The fourth-order valence-electron chi connectivity index (χ4n) is 2.91. The van der Waals surface area contributed by atoms with Gasteiger partial charge in [0, 0.05) is 3.57 Å². The number of hydrazone groups is 1. The van der Waals surface area contributed by atoms with E-state index < -0.39 is 22.5 Å². The van der Waals surface area contributed by atoms with Crippen molar-refractivity contribution in [3.05, 3.63) is 86.4 Å². The molecule has 33 heavy (non-hydrogen) atoms. The maximum absolute atomic E-state index is 13.3. The van der Waals surface area contributed by atoms with Gasteiger partial charge in [-0.2, -0.15) is 5.10 Å². The molecule has 1 amide bonds. The van der Waals surface area contributed by atoms with Gasteiger partial charge < -0.3 is 4.74 Å². The Labute approximate surface area is 215 Å². The highest BCUT2D eigenvalue weighted by Gasteiger charge is 2.27. The number of rotatable bonds is 8. The summed E-state index contributed by atoms with van der Waals surface area (Å²) in [6.45, 7) is 1.31. The number of benzene rings is 3. The number of methoxy groups -OCH3 is 1. The van der Waals surface area contributed by atoms with Gasteiger partial charge in [0.15, 0.2) is 0 Å². The van der Waals surface area contributed by atoms with Gasteiger partial charge >= 0.3 is 0 Å². The molecule has 10 heteroatoms. The molecule has 0 atom stereocenters. The van der Waals surface area contributed by atoms with Crippen LogP contribution in [-0.2, 0) is 14.8 Å². The summed E-state index contributed by atoms with van der Waals surface area (Å²) >= 11 is 5.56. The SMILES string of the molecule is COc1ccc(/C(C)=N\NC(=O)CN(c2ccc(I)cc2)S(=O)(=O)c2ccccc2)cc1Br. The van der Waals surface area contributed by atoms with Gasteiger partial charge in [-0.1, -0.05) is 18.2 Å². The Morgan fingerprint density at radius 2 is 1.76 bits per heavy atom. The molecule has 172 valence electrons. The highest BCUT2D eigenvalue weighted by Crippen LogP contribution is 2.26. The lowest BCUT2D eigenvalue weighted by Crippen LogP contribution is -2.39. The molecule has 0 heterocycles. The van der Waals surface area contributed by atoms with E-state index in [4.69, 9.17) is 4.74 Å². The van der Waals surface area contributed by atoms with Gasteiger partial charge in [-0.25, -0.2) is 13.8 Å².